The molecule has 2 aromatic rings. The average molecular weight is 275 g/mol. The van der Waals surface area contributed by atoms with Gasteiger partial charge in [-0.15, -0.1) is 10.2 Å². The van der Waals surface area contributed by atoms with E-state index in [4.69, 9.17) is 5.11 Å². The number of aryl methyl sites for hydroxylation is 1. The fourth-order valence-corrected chi connectivity index (χ4v) is 2.50. The van der Waals surface area contributed by atoms with E-state index in [9.17, 15) is 9.18 Å². The van der Waals surface area contributed by atoms with Crippen molar-refractivity contribution in [2.45, 2.75) is 25.8 Å². The van der Waals surface area contributed by atoms with Crippen LogP contribution < -0.4 is 0 Å². The first-order chi connectivity index (χ1) is 9.63. The summed E-state index contributed by atoms with van der Waals surface area (Å²) in [7, 11) is 0. The van der Waals surface area contributed by atoms with Crippen molar-refractivity contribution < 1.29 is 14.3 Å². The van der Waals surface area contributed by atoms with Crippen LogP contribution in [0.1, 0.15) is 23.6 Å². The van der Waals surface area contributed by atoms with Gasteiger partial charge < -0.3 is 9.67 Å². The van der Waals surface area contributed by atoms with Crippen molar-refractivity contribution in [3.05, 3.63) is 47.3 Å². The van der Waals surface area contributed by atoms with Gasteiger partial charge in [-0.3, -0.25) is 4.79 Å². The molecule has 1 aromatic carbocycles. The maximum absolute atomic E-state index is 12.9. The topological polar surface area (TPSA) is 68.0 Å². The van der Waals surface area contributed by atoms with Crippen molar-refractivity contribution in [3.63, 3.8) is 0 Å². The first-order valence-electron chi connectivity index (χ1n) is 6.51. The molecule has 0 amide bonds. The van der Waals surface area contributed by atoms with Crippen molar-refractivity contribution in [1.29, 1.82) is 0 Å². The molecule has 0 saturated carbocycles. The highest BCUT2D eigenvalue weighted by molar-refractivity contribution is 5.70. The maximum Gasteiger partial charge on any atom is 0.308 e. The van der Waals surface area contributed by atoms with Gasteiger partial charge in [-0.25, -0.2) is 4.39 Å². The summed E-state index contributed by atoms with van der Waals surface area (Å²) in [5.41, 5.74) is 0.930. The SMILES string of the molecule is O=C(O)C1CCc2nnc(Cc3ccc(F)cc3)n2C1. The van der Waals surface area contributed by atoms with E-state index in [-0.39, 0.29) is 11.7 Å². The molecule has 1 aliphatic rings. The Balaban J connectivity index is 1.83. The van der Waals surface area contributed by atoms with Crippen LogP contribution in [0.5, 0.6) is 0 Å². The predicted molar refractivity (Wildman–Crippen MR) is 68.7 cm³/mol. The van der Waals surface area contributed by atoms with Gasteiger partial charge in [0.2, 0.25) is 0 Å². The first-order valence-corrected chi connectivity index (χ1v) is 6.51. The quantitative estimate of drug-likeness (QED) is 0.925. The van der Waals surface area contributed by atoms with Crippen LogP contribution in [0.15, 0.2) is 24.3 Å². The highest BCUT2D eigenvalue weighted by Gasteiger charge is 2.27. The molecule has 1 aliphatic heterocycles. The molecule has 1 N–H and O–H groups in total. The number of aliphatic carboxylic acids is 1. The van der Waals surface area contributed by atoms with Crippen molar-refractivity contribution in [2.75, 3.05) is 0 Å². The Morgan fingerprint density at radius 2 is 2.10 bits per heavy atom. The van der Waals surface area contributed by atoms with Gasteiger partial charge in [-0.2, -0.15) is 0 Å². The molecule has 0 fully saturated rings. The van der Waals surface area contributed by atoms with Gasteiger partial charge in [0.05, 0.1) is 5.92 Å². The van der Waals surface area contributed by atoms with Crippen LogP contribution in [0, 0.1) is 11.7 Å². The molecule has 0 aliphatic carbocycles. The Morgan fingerprint density at radius 3 is 2.80 bits per heavy atom. The zero-order chi connectivity index (χ0) is 14.1. The molecule has 1 unspecified atom stereocenters. The van der Waals surface area contributed by atoms with Crippen LogP contribution in [0.3, 0.4) is 0 Å². The summed E-state index contributed by atoms with van der Waals surface area (Å²) in [6.45, 7) is 0.411. The second kappa shape index (κ2) is 5.03. The van der Waals surface area contributed by atoms with E-state index in [1.165, 1.54) is 12.1 Å². The Hall–Kier alpha value is -2.24. The van der Waals surface area contributed by atoms with E-state index in [0.717, 1.165) is 17.2 Å². The Kier molecular flexibility index (Phi) is 3.22. The zero-order valence-electron chi connectivity index (χ0n) is 10.8. The van der Waals surface area contributed by atoms with E-state index in [2.05, 4.69) is 10.2 Å². The van der Waals surface area contributed by atoms with Gasteiger partial charge in [-0.05, 0) is 24.1 Å². The number of hydrogen-bond donors (Lipinski definition) is 1. The summed E-state index contributed by atoms with van der Waals surface area (Å²) in [5, 5.41) is 17.4. The maximum atomic E-state index is 12.9. The Morgan fingerprint density at radius 1 is 1.35 bits per heavy atom. The monoisotopic (exact) mass is 275 g/mol. The molecule has 2 heterocycles. The number of nitrogens with zero attached hydrogens (tertiary/aromatic N) is 3. The van der Waals surface area contributed by atoms with Gasteiger partial charge in [0, 0.05) is 19.4 Å². The lowest BCUT2D eigenvalue weighted by molar-refractivity contribution is -0.142. The molecular weight excluding hydrogens is 261 g/mol. The van der Waals surface area contributed by atoms with Gasteiger partial charge in [-0.1, -0.05) is 12.1 Å². The third-order valence-electron chi connectivity index (χ3n) is 3.65. The number of carboxylic acids is 1. The van der Waals surface area contributed by atoms with Crippen molar-refractivity contribution >= 4 is 5.97 Å². The minimum absolute atomic E-state index is 0.275. The normalized spacial score (nSPS) is 17.8. The smallest absolute Gasteiger partial charge is 0.308 e. The molecule has 0 radical (unpaired) electrons. The lowest BCUT2D eigenvalue weighted by Gasteiger charge is -2.21. The third kappa shape index (κ3) is 2.41. The van der Waals surface area contributed by atoms with E-state index in [1.807, 2.05) is 4.57 Å². The largest absolute Gasteiger partial charge is 0.481 e. The van der Waals surface area contributed by atoms with Crippen molar-refractivity contribution in [2.24, 2.45) is 5.92 Å². The number of rotatable bonds is 3. The first kappa shape index (κ1) is 12.8. The summed E-state index contributed by atoms with van der Waals surface area (Å²) in [5.74, 6) is 0.127. The Labute approximate surface area is 115 Å². The van der Waals surface area contributed by atoms with E-state index in [1.54, 1.807) is 12.1 Å². The second-order valence-electron chi connectivity index (χ2n) is 5.02. The molecule has 104 valence electrons. The lowest BCUT2D eigenvalue weighted by Crippen LogP contribution is -2.27. The average Bonchev–Trinajstić information content (AvgIpc) is 2.84. The molecule has 20 heavy (non-hydrogen) atoms. The van der Waals surface area contributed by atoms with Crippen LogP contribution in [0.4, 0.5) is 4.39 Å². The summed E-state index contributed by atoms with van der Waals surface area (Å²) >= 11 is 0. The molecule has 1 atom stereocenters. The number of benzene rings is 1. The zero-order valence-corrected chi connectivity index (χ0v) is 10.8. The molecule has 0 spiro atoms. The molecule has 1 aromatic heterocycles. The van der Waals surface area contributed by atoms with Crippen molar-refractivity contribution in [1.82, 2.24) is 14.8 Å². The highest BCUT2D eigenvalue weighted by Crippen LogP contribution is 2.21. The lowest BCUT2D eigenvalue weighted by atomic mass is 9.99. The van der Waals surface area contributed by atoms with E-state index >= 15 is 0 Å². The number of aromatic nitrogens is 3. The number of halogens is 1. The summed E-state index contributed by atoms with van der Waals surface area (Å²) in [4.78, 5) is 11.1. The fraction of sp³-hybridized carbons (Fsp3) is 0.357. The second-order valence-corrected chi connectivity index (χ2v) is 5.02. The van der Waals surface area contributed by atoms with E-state index < -0.39 is 5.97 Å². The number of carboxylic acid groups (broad SMARTS) is 1. The minimum Gasteiger partial charge on any atom is -0.481 e. The fourth-order valence-electron chi connectivity index (χ4n) is 2.50. The molecular formula is C14H14FN3O2. The van der Waals surface area contributed by atoms with Gasteiger partial charge in [0.25, 0.3) is 0 Å². The molecule has 0 saturated heterocycles. The molecule has 3 rings (SSSR count). The Bertz CT molecular complexity index is 636. The highest BCUT2D eigenvalue weighted by atomic mass is 19.1. The van der Waals surface area contributed by atoms with Crippen molar-refractivity contribution in [3.8, 4) is 0 Å². The molecule has 5 nitrogen and oxygen atoms in total. The minimum atomic E-state index is -0.780. The number of hydrogen-bond acceptors (Lipinski definition) is 3. The van der Waals surface area contributed by atoms with Crippen LogP contribution in [0.25, 0.3) is 0 Å². The summed E-state index contributed by atoms with van der Waals surface area (Å²) in [6.07, 6.45) is 1.76. The van der Waals surface area contributed by atoms with Gasteiger partial charge in [0.1, 0.15) is 17.5 Å². The molecule has 0 bridgehead atoms. The van der Waals surface area contributed by atoms with Gasteiger partial charge in [0.15, 0.2) is 0 Å². The summed E-state index contributed by atoms with van der Waals surface area (Å²) in [6, 6.07) is 6.22. The van der Waals surface area contributed by atoms with Crippen LogP contribution in [0.2, 0.25) is 0 Å². The molecule has 6 heteroatoms. The van der Waals surface area contributed by atoms with Crippen LogP contribution in [-0.2, 0) is 24.2 Å². The van der Waals surface area contributed by atoms with E-state index in [0.29, 0.717) is 25.8 Å². The summed E-state index contributed by atoms with van der Waals surface area (Å²) < 4.78 is 14.8. The number of fused-ring (bicyclic) bond motifs is 1. The van der Waals surface area contributed by atoms with Crippen LogP contribution in [-0.4, -0.2) is 25.8 Å². The third-order valence-corrected chi connectivity index (χ3v) is 3.65. The number of carbonyl (C=O) groups is 1. The predicted octanol–water partition coefficient (Wildman–Crippen LogP) is 1.66. The van der Waals surface area contributed by atoms with Gasteiger partial charge >= 0.3 is 5.97 Å². The standard InChI is InChI=1S/C14H14FN3O2/c15-11-4-1-9(2-5-11)7-13-17-16-12-6-3-10(14(19)20)8-18(12)13/h1-2,4-5,10H,3,6-8H2,(H,19,20). The van der Waals surface area contributed by atoms with Crippen LogP contribution >= 0.6 is 0 Å².